The minimum absolute atomic E-state index is 0.0459. The van der Waals surface area contributed by atoms with Crippen LogP contribution in [0.15, 0.2) is 84.4 Å². The van der Waals surface area contributed by atoms with Crippen LogP contribution in [0.4, 0.5) is 21.5 Å². The van der Waals surface area contributed by atoms with Gasteiger partial charge in [0.1, 0.15) is 17.8 Å². The second-order valence-electron chi connectivity index (χ2n) is 7.66. The SMILES string of the molecule is C=C(NC1=NC(C)Nc2ccccc21)c1cc(F)ccc1NCCC.O=[N+]([O-])c1ccccc1. The summed E-state index contributed by atoms with van der Waals surface area (Å²) in [5, 5.41) is 19.9. The summed E-state index contributed by atoms with van der Waals surface area (Å²) in [5.74, 6) is 0.443. The van der Waals surface area contributed by atoms with Crippen LogP contribution in [-0.4, -0.2) is 23.5 Å². The van der Waals surface area contributed by atoms with E-state index in [9.17, 15) is 14.5 Å². The lowest BCUT2D eigenvalue weighted by Gasteiger charge is -2.25. The monoisotopic (exact) mass is 461 g/mol. The summed E-state index contributed by atoms with van der Waals surface area (Å²) in [4.78, 5) is 14.2. The zero-order valence-electron chi connectivity index (χ0n) is 19.2. The van der Waals surface area contributed by atoms with Crippen molar-refractivity contribution in [3.05, 3.63) is 106 Å². The minimum atomic E-state index is -0.417. The maximum atomic E-state index is 13.8. The molecule has 0 spiro atoms. The number of halogens is 1. The van der Waals surface area contributed by atoms with E-state index in [1.807, 2.05) is 31.2 Å². The number of hydrogen-bond donors (Lipinski definition) is 3. The normalized spacial score (nSPS) is 13.9. The quantitative estimate of drug-likeness (QED) is 0.308. The molecule has 0 aliphatic carbocycles. The molecule has 4 rings (SSSR count). The largest absolute Gasteiger partial charge is 0.385 e. The number of para-hydroxylation sites is 2. The molecule has 0 fully saturated rings. The fourth-order valence-electron chi connectivity index (χ4n) is 3.38. The van der Waals surface area contributed by atoms with Gasteiger partial charge in [-0.1, -0.05) is 43.8 Å². The number of fused-ring (bicyclic) bond motifs is 1. The van der Waals surface area contributed by atoms with Crippen molar-refractivity contribution < 1.29 is 9.31 Å². The average Bonchev–Trinajstić information content (AvgIpc) is 2.84. The predicted molar refractivity (Wildman–Crippen MR) is 137 cm³/mol. The molecule has 0 amide bonds. The number of nitrogens with zero attached hydrogens (tertiary/aromatic N) is 2. The first-order chi connectivity index (χ1) is 16.4. The molecule has 34 heavy (non-hydrogen) atoms. The van der Waals surface area contributed by atoms with Crippen LogP contribution in [0.2, 0.25) is 0 Å². The van der Waals surface area contributed by atoms with E-state index in [2.05, 4.69) is 34.4 Å². The summed E-state index contributed by atoms with van der Waals surface area (Å²) in [6.07, 6.45) is 0.940. The first-order valence-corrected chi connectivity index (χ1v) is 11.0. The third kappa shape index (κ3) is 6.41. The van der Waals surface area contributed by atoms with Crippen LogP contribution in [0.3, 0.4) is 0 Å². The van der Waals surface area contributed by atoms with E-state index in [-0.39, 0.29) is 17.7 Å². The highest BCUT2D eigenvalue weighted by atomic mass is 19.1. The molecule has 0 saturated heterocycles. The smallest absolute Gasteiger partial charge is 0.269 e. The summed E-state index contributed by atoms with van der Waals surface area (Å²) in [6, 6.07) is 20.6. The van der Waals surface area contributed by atoms with E-state index in [1.165, 1.54) is 24.3 Å². The molecule has 0 aromatic heterocycles. The maximum absolute atomic E-state index is 13.8. The molecule has 0 bridgehead atoms. The highest BCUT2D eigenvalue weighted by Gasteiger charge is 2.18. The number of hydrogen-bond acceptors (Lipinski definition) is 6. The molecule has 176 valence electrons. The number of benzene rings is 3. The van der Waals surface area contributed by atoms with Gasteiger partial charge in [0, 0.05) is 46.9 Å². The van der Waals surface area contributed by atoms with Crippen molar-refractivity contribution >= 4 is 28.6 Å². The Morgan fingerprint density at radius 1 is 1.15 bits per heavy atom. The van der Waals surface area contributed by atoms with Crippen molar-refractivity contribution in [2.24, 2.45) is 4.99 Å². The van der Waals surface area contributed by atoms with Gasteiger partial charge in [-0.2, -0.15) is 0 Å². The van der Waals surface area contributed by atoms with E-state index in [0.717, 1.165) is 35.7 Å². The van der Waals surface area contributed by atoms with Gasteiger partial charge >= 0.3 is 0 Å². The van der Waals surface area contributed by atoms with Crippen molar-refractivity contribution in [3.8, 4) is 0 Å². The average molecular weight is 462 g/mol. The van der Waals surface area contributed by atoms with Gasteiger partial charge < -0.3 is 16.0 Å². The Balaban J connectivity index is 0.000000302. The fourth-order valence-corrected chi connectivity index (χ4v) is 3.38. The lowest BCUT2D eigenvalue weighted by atomic mass is 10.1. The molecule has 1 aliphatic heterocycles. The Hall–Kier alpha value is -4.20. The van der Waals surface area contributed by atoms with E-state index < -0.39 is 4.92 Å². The summed E-state index contributed by atoms with van der Waals surface area (Å²) in [7, 11) is 0. The van der Waals surface area contributed by atoms with Crippen LogP contribution in [0.1, 0.15) is 31.4 Å². The van der Waals surface area contributed by atoms with Crippen LogP contribution in [-0.2, 0) is 0 Å². The van der Waals surface area contributed by atoms with Crippen LogP contribution < -0.4 is 16.0 Å². The first kappa shape index (κ1) is 24.4. The topological polar surface area (TPSA) is 91.6 Å². The lowest BCUT2D eigenvalue weighted by Crippen LogP contribution is -2.31. The third-order valence-corrected chi connectivity index (χ3v) is 4.98. The number of nitrogens with one attached hydrogen (secondary N) is 3. The third-order valence-electron chi connectivity index (χ3n) is 4.98. The van der Waals surface area contributed by atoms with Gasteiger partial charge in [-0.25, -0.2) is 9.38 Å². The number of non-ortho nitro benzene ring substituents is 1. The van der Waals surface area contributed by atoms with Crippen molar-refractivity contribution in [1.29, 1.82) is 0 Å². The van der Waals surface area contributed by atoms with Gasteiger partial charge in [0.2, 0.25) is 0 Å². The van der Waals surface area contributed by atoms with E-state index >= 15 is 0 Å². The molecule has 3 aromatic rings. The molecule has 0 saturated carbocycles. The molecule has 3 N–H and O–H groups in total. The molecular weight excluding hydrogens is 433 g/mol. The molecule has 0 radical (unpaired) electrons. The van der Waals surface area contributed by atoms with Gasteiger partial charge in [-0.15, -0.1) is 0 Å². The van der Waals surface area contributed by atoms with Gasteiger partial charge in [0.05, 0.1) is 4.92 Å². The highest BCUT2D eigenvalue weighted by molar-refractivity contribution is 6.08. The number of rotatable bonds is 6. The fraction of sp³-hybridized carbons (Fsp3) is 0.192. The van der Waals surface area contributed by atoms with Gasteiger partial charge in [0.25, 0.3) is 5.69 Å². The Kier molecular flexibility index (Phi) is 8.34. The van der Waals surface area contributed by atoms with Crippen molar-refractivity contribution in [2.75, 3.05) is 17.2 Å². The van der Waals surface area contributed by atoms with Crippen LogP contribution in [0, 0.1) is 15.9 Å². The van der Waals surface area contributed by atoms with Crippen LogP contribution in [0.25, 0.3) is 5.70 Å². The molecule has 3 aromatic carbocycles. The molecule has 1 aliphatic rings. The number of nitro groups is 1. The summed E-state index contributed by atoms with van der Waals surface area (Å²) in [6.45, 7) is 9.00. The summed E-state index contributed by atoms with van der Waals surface area (Å²) in [5.41, 5.74) is 4.31. The van der Waals surface area contributed by atoms with Crippen molar-refractivity contribution in [3.63, 3.8) is 0 Å². The van der Waals surface area contributed by atoms with Crippen LogP contribution >= 0.6 is 0 Å². The number of aliphatic imine (C=N–C) groups is 1. The highest BCUT2D eigenvalue weighted by Crippen LogP contribution is 2.26. The lowest BCUT2D eigenvalue weighted by molar-refractivity contribution is -0.384. The summed E-state index contributed by atoms with van der Waals surface area (Å²) < 4.78 is 13.8. The summed E-state index contributed by atoms with van der Waals surface area (Å²) >= 11 is 0. The first-order valence-electron chi connectivity index (χ1n) is 11.0. The molecule has 1 unspecified atom stereocenters. The minimum Gasteiger partial charge on any atom is -0.385 e. The molecule has 1 heterocycles. The van der Waals surface area contributed by atoms with Crippen molar-refractivity contribution in [2.45, 2.75) is 26.4 Å². The Labute approximate surface area is 198 Å². The second kappa shape index (κ2) is 11.6. The zero-order chi connectivity index (χ0) is 24.5. The Morgan fingerprint density at radius 2 is 1.85 bits per heavy atom. The molecular formula is C26H28FN5O2. The van der Waals surface area contributed by atoms with Crippen LogP contribution in [0.5, 0.6) is 0 Å². The van der Waals surface area contributed by atoms with E-state index in [0.29, 0.717) is 11.3 Å². The predicted octanol–water partition coefficient (Wildman–Crippen LogP) is 6.02. The van der Waals surface area contributed by atoms with E-state index in [1.54, 1.807) is 24.3 Å². The Bertz CT molecular complexity index is 1180. The van der Waals surface area contributed by atoms with Crippen molar-refractivity contribution in [1.82, 2.24) is 5.32 Å². The Morgan fingerprint density at radius 3 is 2.53 bits per heavy atom. The molecule has 1 atom stereocenters. The number of amidine groups is 1. The number of nitro benzene ring substituents is 1. The van der Waals surface area contributed by atoms with Gasteiger partial charge in [-0.05, 0) is 43.7 Å². The standard InChI is InChI=1S/C20H23FN4.C6H5NO2/c1-4-11-22-18-10-9-15(21)12-17(18)13(2)23-20-16-7-5-6-8-19(16)24-14(3)25-20;8-7(9)6-4-2-1-3-5-6/h5-10,12,14,22,24H,2,4,11H2,1,3H3,(H,23,25);1-5H. The maximum Gasteiger partial charge on any atom is 0.269 e. The second-order valence-corrected chi connectivity index (χ2v) is 7.66. The molecule has 7 nitrogen and oxygen atoms in total. The number of anilines is 2. The van der Waals surface area contributed by atoms with Gasteiger partial charge in [-0.3, -0.25) is 10.1 Å². The van der Waals surface area contributed by atoms with E-state index in [4.69, 9.17) is 0 Å². The van der Waals surface area contributed by atoms with Gasteiger partial charge in [0.15, 0.2) is 0 Å². The molecule has 8 heteroatoms. The zero-order valence-corrected chi connectivity index (χ0v) is 19.2.